The highest BCUT2D eigenvalue weighted by molar-refractivity contribution is 7.98. The molecule has 5 nitrogen and oxygen atoms in total. The van der Waals surface area contributed by atoms with Gasteiger partial charge in [0, 0.05) is 34.9 Å². The topological polar surface area (TPSA) is 63.5 Å². The summed E-state index contributed by atoms with van der Waals surface area (Å²) >= 11 is 1.74. The van der Waals surface area contributed by atoms with Gasteiger partial charge >= 0.3 is 5.97 Å². The van der Waals surface area contributed by atoms with Crippen LogP contribution in [0.4, 0.5) is 0 Å². The molecule has 0 bridgehead atoms. The molecule has 6 heteroatoms. The van der Waals surface area contributed by atoms with Crippen molar-refractivity contribution in [1.29, 1.82) is 0 Å². The second kappa shape index (κ2) is 10.6. The predicted molar refractivity (Wildman–Crippen MR) is 127 cm³/mol. The highest BCUT2D eigenvalue weighted by Crippen LogP contribution is 2.24. The molecular weight excluding hydrogens is 408 g/mol. The average molecular weight is 439 g/mol. The zero-order valence-electron chi connectivity index (χ0n) is 18.6. The van der Waals surface area contributed by atoms with Crippen molar-refractivity contribution in [2.75, 3.05) is 19.9 Å². The fourth-order valence-corrected chi connectivity index (χ4v) is 4.25. The molecule has 0 atom stereocenters. The summed E-state index contributed by atoms with van der Waals surface area (Å²) in [5.41, 5.74) is 5.41. The van der Waals surface area contributed by atoms with Gasteiger partial charge in [0.25, 0.3) is 0 Å². The number of aromatic carboxylic acids is 1. The number of rotatable bonds is 10. The predicted octanol–water partition coefficient (Wildman–Crippen LogP) is 4.91. The van der Waals surface area contributed by atoms with E-state index in [4.69, 9.17) is 4.74 Å². The zero-order valence-corrected chi connectivity index (χ0v) is 19.4. The molecule has 0 spiro atoms. The molecule has 0 unspecified atom stereocenters. The summed E-state index contributed by atoms with van der Waals surface area (Å²) in [5.74, 6) is -0.0672. The van der Waals surface area contributed by atoms with Crippen molar-refractivity contribution in [3.8, 4) is 5.75 Å². The summed E-state index contributed by atoms with van der Waals surface area (Å²) in [6.45, 7) is 5.84. The number of hydrogen-bond donors (Lipinski definition) is 2. The molecule has 0 radical (unpaired) electrons. The number of nitrogens with zero attached hydrogens (tertiary/aromatic N) is 1. The van der Waals surface area contributed by atoms with E-state index in [0.29, 0.717) is 18.7 Å². The summed E-state index contributed by atoms with van der Waals surface area (Å²) in [6, 6.07) is 16.4. The van der Waals surface area contributed by atoms with E-state index in [0.717, 1.165) is 41.2 Å². The molecular formula is C25H30N2O3S. The number of aromatic nitrogens is 1. The van der Waals surface area contributed by atoms with Crippen LogP contribution < -0.4 is 10.1 Å². The largest absolute Gasteiger partial charge is 0.497 e. The van der Waals surface area contributed by atoms with Gasteiger partial charge in [-0.3, -0.25) is 0 Å². The first-order chi connectivity index (χ1) is 14.9. The number of carboxylic acids is 1. The molecule has 0 aliphatic heterocycles. The average Bonchev–Trinajstić information content (AvgIpc) is 3.02. The van der Waals surface area contributed by atoms with E-state index in [1.54, 1.807) is 18.9 Å². The second-order valence-electron chi connectivity index (χ2n) is 7.54. The number of carbonyl (C=O) groups is 1. The zero-order chi connectivity index (χ0) is 22.4. The molecule has 1 heterocycles. The van der Waals surface area contributed by atoms with Crippen LogP contribution in [0.3, 0.4) is 0 Å². The van der Waals surface area contributed by atoms with Crippen molar-refractivity contribution < 1.29 is 14.6 Å². The van der Waals surface area contributed by atoms with Crippen molar-refractivity contribution in [3.05, 3.63) is 82.2 Å². The van der Waals surface area contributed by atoms with Crippen LogP contribution in [0, 0.1) is 13.8 Å². The highest BCUT2D eigenvalue weighted by atomic mass is 32.2. The quantitative estimate of drug-likeness (QED) is 0.348. The Balaban J connectivity index is 1.71. The van der Waals surface area contributed by atoms with Gasteiger partial charge in [-0.1, -0.05) is 24.3 Å². The lowest BCUT2D eigenvalue weighted by Gasteiger charge is -2.11. The smallest absolute Gasteiger partial charge is 0.337 e. The third-order valence-electron chi connectivity index (χ3n) is 5.67. The first-order valence-corrected chi connectivity index (χ1v) is 11.6. The summed E-state index contributed by atoms with van der Waals surface area (Å²) in [5, 5.41) is 13.3. The maximum Gasteiger partial charge on any atom is 0.337 e. The Kier molecular flexibility index (Phi) is 7.82. The van der Waals surface area contributed by atoms with E-state index in [-0.39, 0.29) is 0 Å². The lowest BCUT2D eigenvalue weighted by Crippen LogP contribution is -2.18. The van der Waals surface area contributed by atoms with Gasteiger partial charge in [0.15, 0.2) is 0 Å². The van der Waals surface area contributed by atoms with Gasteiger partial charge in [0.2, 0.25) is 0 Å². The van der Waals surface area contributed by atoms with E-state index in [1.165, 1.54) is 10.5 Å². The minimum Gasteiger partial charge on any atom is -0.497 e. The van der Waals surface area contributed by atoms with Gasteiger partial charge in [-0.25, -0.2) is 4.79 Å². The minimum absolute atomic E-state index is 0.405. The maximum absolute atomic E-state index is 12.0. The first kappa shape index (κ1) is 23.0. The van der Waals surface area contributed by atoms with Crippen LogP contribution in [-0.4, -0.2) is 35.6 Å². The Hall–Kier alpha value is -2.70. The summed E-state index contributed by atoms with van der Waals surface area (Å²) in [4.78, 5) is 13.3. The van der Waals surface area contributed by atoms with Crippen molar-refractivity contribution >= 4 is 17.7 Å². The molecule has 3 rings (SSSR count). The standard InChI is InChI=1S/C25H30N2O3S/c1-17-23(15-26-14-13-19-7-11-22(31-4)12-8-19)24(25(28)29)18(2)27(17)16-20-5-9-21(30-3)10-6-20/h5-12,26H,13-16H2,1-4H3,(H,28,29). The monoisotopic (exact) mass is 438 g/mol. The van der Waals surface area contributed by atoms with Crippen LogP contribution in [0.15, 0.2) is 53.4 Å². The lowest BCUT2D eigenvalue weighted by molar-refractivity contribution is 0.0694. The Morgan fingerprint density at radius 3 is 2.26 bits per heavy atom. The van der Waals surface area contributed by atoms with Gasteiger partial charge < -0.3 is 19.7 Å². The van der Waals surface area contributed by atoms with Crippen LogP contribution in [0.5, 0.6) is 5.75 Å². The molecule has 0 amide bonds. The van der Waals surface area contributed by atoms with Crippen LogP contribution in [0.1, 0.15) is 38.4 Å². The van der Waals surface area contributed by atoms with Crippen molar-refractivity contribution in [2.45, 2.75) is 38.3 Å². The SMILES string of the molecule is COc1ccc(Cn2c(C)c(CNCCc3ccc(SC)cc3)c(C(=O)O)c2C)cc1. The molecule has 0 aliphatic carbocycles. The molecule has 2 aromatic carbocycles. The Morgan fingerprint density at radius 2 is 1.68 bits per heavy atom. The van der Waals surface area contributed by atoms with Crippen LogP contribution in [0.2, 0.25) is 0 Å². The molecule has 0 saturated carbocycles. The second-order valence-corrected chi connectivity index (χ2v) is 8.42. The Labute approximate surface area is 188 Å². The summed E-state index contributed by atoms with van der Waals surface area (Å²) < 4.78 is 7.31. The molecule has 1 aromatic heterocycles. The van der Waals surface area contributed by atoms with E-state index in [2.05, 4.69) is 40.4 Å². The van der Waals surface area contributed by atoms with E-state index >= 15 is 0 Å². The van der Waals surface area contributed by atoms with Crippen molar-refractivity contribution in [1.82, 2.24) is 9.88 Å². The minimum atomic E-state index is -0.876. The van der Waals surface area contributed by atoms with Crippen LogP contribution in [-0.2, 0) is 19.5 Å². The molecule has 164 valence electrons. The number of methoxy groups -OCH3 is 1. The third kappa shape index (κ3) is 5.51. The van der Waals surface area contributed by atoms with Gasteiger partial charge in [-0.15, -0.1) is 11.8 Å². The van der Waals surface area contributed by atoms with Gasteiger partial charge in [-0.05, 0) is 68.5 Å². The van der Waals surface area contributed by atoms with E-state index in [9.17, 15) is 9.90 Å². The third-order valence-corrected chi connectivity index (χ3v) is 6.42. The maximum atomic E-state index is 12.0. The molecule has 0 aliphatic rings. The lowest BCUT2D eigenvalue weighted by atomic mass is 10.1. The first-order valence-electron chi connectivity index (χ1n) is 10.3. The molecule has 0 fully saturated rings. The Morgan fingerprint density at radius 1 is 1.03 bits per heavy atom. The number of ether oxygens (including phenoxy) is 1. The van der Waals surface area contributed by atoms with Crippen molar-refractivity contribution in [3.63, 3.8) is 0 Å². The number of nitrogens with one attached hydrogen (secondary N) is 1. The Bertz CT molecular complexity index is 1020. The normalized spacial score (nSPS) is 11.0. The van der Waals surface area contributed by atoms with E-state index in [1.807, 2.05) is 38.1 Å². The molecule has 2 N–H and O–H groups in total. The number of thioether (sulfide) groups is 1. The van der Waals surface area contributed by atoms with Gasteiger partial charge in [0.05, 0.1) is 12.7 Å². The fraction of sp³-hybridized carbons (Fsp3) is 0.320. The molecule has 0 saturated heterocycles. The summed E-state index contributed by atoms with van der Waals surface area (Å²) in [7, 11) is 1.65. The fourth-order valence-electron chi connectivity index (χ4n) is 3.84. The van der Waals surface area contributed by atoms with Crippen LogP contribution >= 0.6 is 11.8 Å². The van der Waals surface area contributed by atoms with Crippen LogP contribution in [0.25, 0.3) is 0 Å². The molecule has 31 heavy (non-hydrogen) atoms. The number of hydrogen-bond acceptors (Lipinski definition) is 4. The van der Waals surface area contributed by atoms with Gasteiger partial charge in [-0.2, -0.15) is 0 Å². The number of carboxylic acid groups (broad SMARTS) is 1. The molecule has 3 aromatic rings. The van der Waals surface area contributed by atoms with Crippen molar-refractivity contribution in [2.24, 2.45) is 0 Å². The highest BCUT2D eigenvalue weighted by Gasteiger charge is 2.22. The van der Waals surface area contributed by atoms with Gasteiger partial charge in [0.1, 0.15) is 5.75 Å². The van der Waals surface area contributed by atoms with E-state index < -0.39 is 5.97 Å². The number of benzene rings is 2. The summed E-state index contributed by atoms with van der Waals surface area (Å²) in [6.07, 6.45) is 2.98.